The highest BCUT2D eigenvalue weighted by Crippen LogP contribution is 2.23. The van der Waals surface area contributed by atoms with Crippen molar-refractivity contribution in [3.05, 3.63) is 35.6 Å². The quantitative estimate of drug-likeness (QED) is 0.831. The van der Waals surface area contributed by atoms with E-state index in [0.29, 0.717) is 19.8 Å². The number of benzene rings is 1. The number of alkyl halides is 2. The fraction of sp³-hybridized carbons (Fsp3) is 0.533. The van der Waals surface area contributed by atoms with Gasteiger partial charge in [-0.2, -0.15) is 0 Å². The van der Waals surface area contributed by atoms with E-state index in [-0.39, 0.29) is 11.9 Å². The van der Waals surface area contributed by atoms with Gasteiger partial charge in [-0.05, 0) is 24.6 Å². The average Bonchev–Trinajstić information content (AvgIpc) is 2.49. The second-order valence-corrected chi connectivity index (χ2v) is 7.02. The molecule has 22 heavy (non-hydrogen) atoms. The lowest BCUT2D eigenvalue weighted by Gasteiger charge is -2.35. The molecule has 0 spiro atoms. The van der Waals surface area contributed by atoms with Crippen molar-refractivity contribution in [2.24, 2.45) is 0 Å². The third-order valence-electron chi connectivity index (χ3n) is 3.60. The van der Waals surface area contributed by atoms with Crippen molar-refractivity contribution in [3.8, 4) is 0 Å². The van der Waals surface area contributed by atoms with E-state index in [1.54, 1.807) is 12.1 Å². The maximum Gasteiger partial charge on any atom is 0.256 e. The summed E-state index contributed by atoms with van der Waals surface area (Å²) in [7, 11) is 0. The molecule has 1 heterocycles. The summed E-state index contributed by atoms with van der Waals surface area (Å²) in [5, 5.41) is 2.75. The second-order valence-electron chi connectivity index (χ2n) is 5.31. The first-order valence-corrected chi connectivity index (χ1v) is 7.87. The standard InChI is InChI=1S/C15H19Cl2FN2O2/c1-15(16,17)14(21)19-10-13(20-6-8-22-9-7-20)11-2-4-12(18)5-3-11/h2-5,13H,6-10H2,1H3,(H,19,21)/t13-/m0/s1. The molecule has 122 valence electrons. The van der Waals surface area contributed by atoms with Crippen LogP contribution < -0.4 is 5.32 Å². The van der Waals surface area contributed by atoms with Crippen LogP contribution in [0.2, 0.25) is 0 Å². The fourth-order valence-electron chi connectivity index (χ4n) is 2.38. The largest absolute Gasteiger partial charge is 0.379 e. The Hall–Kier alpha value is -0.880. The maximum atomic E-state index is 13.1. The minimum Gasteiger partial charge on any atom is -0.379 e. The number of amides is 1. The van der Waals surface area contributed by atoms with Gasteiger partial charge in [0, 0.05) is 19.6 Å². The molecule has 1 aromatic rings. The Kier molecular flexibility index (Phi) is 6.03. The van der Waals surface area contributed by atoms with Crippen LogP contribution in [0.5, 0.6) is 0 Å². The van der Waals surface area contributed by atoms with E-state index < -0.39 is 10.2 Å². The summed E-state index contributed by atoms with van der Waals surface area (Å²) in [4.78, 5) is 14.1. The first-order valence-electron chi connectivity index (χ1n) is 7.11. The van der Waals surface area contributed by atoms with Crippen molar-refractivity contribution in [1.82, 2.24) is 10.2 Å². The number of morpholine rings is 1. The number of hydrogen-bond donors (Lipinski definition) is 1. The number of carbonyl (C=O) groups excluding carboxylic acids is 1. The second kappa shape index (κ2) is 7.59. The molecule has 7 heteroatoms. The van der Waals surface area contributed by atoms with E-state index in [0.717, 1.165) is 18.7 Å². The van der Waals surface area contributed by atoms with Gasteiger partial charge >= 0.3 is 0 Å². The minimum absolute atomic E-state index is 0.0795. The lowest BCUT2D eigenvalue weighted by atomic mass is 10.0. The van der Waals surface area contributed by atoms with Gasteiger partial charge in [0.25, 0.3) is 5.91 Å². The Labute approximate surface area is 139 Å². The monoisotopic (exact) mass is 348 g/mol. The zero-order chi connectivity index (χ0) is 16.2. The Morgan fingerprint density at radius 1 is 1.36 bits per heavy atom. The summed E-state index contributed by atoms with van der Waals surface area (Å²) in [5.74, 6) is -0.737. The summed E-state index contributed by atoms with van der Waals surface area (Å²) in [6.45, 7) is 4.53. The number of hydrogen-bond acceptors (Lipinski definition) is 3. The zero-order valence-corrected chi connectivity index (χ0v) is 13.8. The molecule has 1 fully saturated rings. The number of carbonyl (C=O) groups is 1. The van der Waals surface area contributed by atoms with E-state index in [1.807, 2.05) is 0 Å². The molecule has 1 aliphatic rings. The van der Waals surface area contributed by atoms with Gasteiger partial charge in [-0.3, -0.25) is 9.69 Å². The molecule has 1 atom stereocenters. The number of nitrogens with one attached hydrogen (secondary N) is 1. The Morgan fingerprint density at radius 3 is 2.50 bits per heavy atom. The number of rotatable bonds is 5. The molecule has 0 radical (unpaired) electrons. The van der Waals surface area contributed by atoms with Gasteiger partial charge in [0.05, 0.1) is 19.3 Å². The minimum atomic E-state index is -1.47. The molecule has 1 aliphatic heterocycles. The lowest BCUT2D eigenvalue weighted by molar-refractivity contribution is -0.121. The van der Waals surface area contributed by atoms with Gasteiger partial charge in [-0.15, -0.1) is 0 Å². The van der Waals surface area contributed by atoms with Crippen LogP contribution in [0.25, 0.3) is 0 Å². The molecule has 2 rings (SSSR count). The highest BCUT2D eigenvalue weighted by molar-refractivity contribution is 6.57. The van der Waals surface area contributed by atoms with Gasteiger partial charge in [-0.1, -0.05) is 35.3 Å². The summed E-state index contributed by atoms with van der Waals surface area (Å²) >= 11 is 11.6. The first kappa shape index (κ1) is 17.5. The van der Waals surface area contributed by atoms with Crippen LogP contribution in [-0.4, -0.2) is 48.0 Å². The van der Waals surface area contributed by atoms with Crippen LogP contribution in [0.1, 0.15) is 18.5 Å². The van der Waals surface area contributed by atoms with Crippen LogP contribution in [0, 0.1) is 5.82 Å². The number of nitrogens with zero attached hydrogens (tertiary/aromatic N) is 1. The first-order chi connectivity index (χ1) is 10.4. The molecule has 1 N–H and O–H groups in total. The van der Waals surface area contributed by atoms with Crippen LogP contribution in [0.4, 0.5) is 4.39 Å². The highest BCUT2D eigenvalue weighted by Gasteiger charge is 2.29. The molecule has 0 bridgehead atoms. The van der Waals surface area contributed by atoms with Crippen molar-refractivity contribution in [2.45, 2.75) is 17.3 Å². The summed E-state index contributed by atoms with van der Waals surface area (Å²) in [5.41, 5.74) is 0.925. The highest BCUT2D eigenvalue weighted by atomic mass is 35.5. The third-order valence-corrected chi connectivity index (χ3v) is 3.94. The van der Waals surface area contributed by atoms with E-state index >= 15 is 0 Å². The smallest absolute Gasteiger partial charge is 0.256 e. The SMILES string of the molecule is CC(Cl)(Cl)C(=O)NC[C@@H](c1ccc(F)cc1)N1CCOCC1. The van der Waals surface area contributed by atoms with E-state index in [1.165, 1.54) is 19.1 Å². The number of halogens is 3. The number of ether oxygens (including phenoxy) is 1. The molecular weight excluding hydrogens is 330 g/mol. The Morgan fingerprint density at radius 2 is 1.95 bits per heavy atom. The van der Waals surface area contributed by atoms with E-state index in [4.69, 9.17) is 27.9 Å². The molecular formula is C15H19Cl2FN2O2. The van der Waals surface area contributed by atoms with Gasteiger partial charge in [-0.25, -0.2) is 4.39 Å². The van der Waals surface area contributed by atoms with E-state index in [2.05, 4.69) is 10.2 Å². The predicted molar refractivity (Wildman–Crippen MR) is 84.7 cm³/mol. The topological polar surface area (TPSA) is 41.6 Å². The molecule has 1 saturated heterocycles. The zero-order valence-electron chi connectivity index (χ0n) is 12.3. The van der Waals surface area contributed by atoms with Crippen molar-refractivity contribution in [3.63, 3.8) is 0 Å². The van der Waals surface area contributed by atoms with Crippen LogP contribution >= 0.6 is 23.2 Å². The molecule has 0 aromatic heterocycles. The predicted octanol–water partition coefficient (Wildman–Crippen LogP) is 2.51. The molecule has 1 amide bonds. The lowest BCUT2D eigenvalue weighted by Crippen LogP contribution is -2.46. The summed E-state index contributed by atoms with van der Waals surface area (Å²) in [6, 6.07) is 6.20. The van der Waals surface area contributed by atoms with Crippen LogP contribution in [0.3, 0.4) is 0 Å². The summed E-state index contributed by atoms with van der Waals surface area (Å²) in [6.07, 6.45) is 0. The van der Waals surface area contributed by atoms with Gasteiger partial charge in [0.2, 0.25) is 0 Å². The average molecular weight is 349 g/mol. The third kappa shape index (κ3) is 4.81. The molecule has 0 saturated carbocycles. The van der Waals surface area contributed by atoms with Crippen molar-refractivity contribution >= 4 is 29.1 Å². The summed E-state index contributed by atoms with van der Waals surface area (Å²) < 4.78 is 17.0. The molecule has 1 aromatic carbocycles. The Balaban J connectivity index is 2.11. The normalized spacial score (nSPS) is 18.0. The Bertz CT molecular complexity index is 499. The van der Waals surface area contributed by atoms with Crippen molar-refractivity contribution in [1.29, 1.82) is 0 Å². The van der Waals surface area contributed by atoms with Crippen LogP contribution in [0.15, 0.2) is 24.3 Å². The van der Waals surface area contributed by atoms with Crippen LogP contribution in [-0.2, 0) is 9.53 Å². The molecule has 0 unspecified atom stereocenters. The van der Waals surface area contributed by atoms with Crippen molar-refractivity contribution in [2.75, 3.05) is 32.8 Å². The van der Waals surface area contributed by atoms with Gasteiger partial charge in [0.1, 0.15) is 5.82 Å². The van der Waals surface area contributed by atoms with Crippen molar-refractivity contribution < 1.29 is 13.9 Å². The van der Waals surface area contributed by atoms with Gasteiger partial charge < -0.3 is 10.1 Å². The fourth-order valence-corrected chi connectivity index (χ4v) is 2.51. The molecule has 0 aliphatic carbocycles. The maximum absolute atomic E-state index is 13.1. The molecule has 4 nitrogen and oxygen atoms in total. The van der Waals surface area contributed by atoms with E-state index in [9.17, 15) is 9.18 Å². The van der Waals surface area contributed by atoms with Gasteiger partial charge in [0.15, 0.2) is 4.33 Å².